The number of aromatic nitrogens is 2. The molecule has 1 aromatic heterocycles. The summed E-state index contributed by atoms with van der Waals surface area (Å²) >= 11 is 5.85. The van der Waals surface area contributed by atoms with E-state index in [-0.39, 0.29) is 35.4 Å². The third-order valence-electron chi connectivity index (χ3n) is 3.31. The summed E-state index contributed by atoms with van der Waals surface area (Å²) in [5, 5.41) is 10.7. The molecule has 0 saturated heterocycles. The first kappa shape index (κ1) is 13.1. The first-order chi connectivity index (χ1) is 8.52. The molecule has 1 saturated carbocycles. The van der Waals surface area contributed by atoms with Crippen molar-refractivity contribution in [3.8, 4) is 0 Å². The van der Waals surface area contributed by atoms with Gasteiger partial charge in [0.2, 0.25) is 5.95 Å². The van der Waals surface area contributed by atoms with E-state index in [0.717, 1.165) is 19.3 Å². The number of anilines is 3. The van der Waals surface area contributed by atoms with Gasteiger partial charge >= 0.3 is 0 Å². The number of aliphatic hydroxyl groups is 1. The van der Waals surface area contributed by atoms with Crippen LogP contribution in [0.15, 0.2) is 0 Å². The van der Waals surface area contributed by atoms with Crippen LogP contribution in [0.2, 0.25) is 5.15 Å². The van der Waals surface area contributed by atoms with Crippen LogP contribution in [0.25, 0.3) is 0 Å². The van der Waals surface area contributed by atoms with Gasteiger partial charge in [0.05, 0.1) is 0 Å². The average Bonchev–Trinajstić information content (AvgIpc) is 2.81. The van der Waals surface area contributed by atoms with Gasteiger partial charge in [-0.3, -0.25) is 5.01 Å². The molecule has 8 heteroatoms. The monoisotopic (exact) mass is 272 g/mol. The minimum Gasteiger partial charge on any atom is -0.396 e. The van der Waals surface area contributed by atoms with Gasteiger partial charge in [0.15, 0.2) is 11.0 Å². The van der Waals surface area contributed by atoms with E-state index in [1.54, 1.807) is 0 Å². The molecule has 0 bridgehead atoms. The molecule has 2 rings (SSSR count). The standard InChI is InChI=1S/C10H17ClN6O/c11-8-7(12)9(16-10(13)15-8)17(14)6-2-1-5(3-6)4-18/h5-6,18H,1-4,12,14H2,(H2,13,15,16). The number of hydrazine groups is 1. The molecule has 1 heterocycles. The predicted molar refractivity (Wildman–Crippen MR) is 70.7 cm³/mol. The summed E-state index contributed by atoms with van der Waals surface area (Å²) in [7, 11) is 0. The third-order valence-corrected chi connectivity index (χ3v) is 3.59. The number of nitrogens with two attached hydrogens (primary N) is 3. The summed E-state index contributed by atoms with van der Waals surface area (Å²) in [6.45, 7) is 0.173. The van der Waals surface area contributed by atoms with Crippen LogP contribution in [0.5, 0.6) is 0 Å². The maximum atomic E-state index is 9.13. The number of hydrogen-bond acceptors (Lipinski definition) is 7. The van der Waals surface area contributed by atoms with E-state index in [4.69, 9.17) is 34.0 Å². The van der Waals surface area contributed by atoms with Gasteiger partial charge in [0.1, 0.15) is 5.69 Å². The van der Waals surface area contributed by atoms with Crippen LogP contribution in [0.1, 0.15) is 19.3 Å². The Balaban J connectivity index is 2.21. The maximum Gasteiger partial charge on any atom is 0.223 e. The van der Waals surface area contributed by atoms with Gasteiger partial charge in [-0.1, -0.05) is 11.6 Å². The number of nitrogen functional groups attached to an aromatic ring is 2. The highest BCUT2D eigenvalue weighted by atomic mass is 35.5. The molecule has 0 spiro atoms. The van der Waals surface area contributed by atoms with Gasteiger partial charge in [-0.05, 0) is 25.2 Å². The summed E-state index contributed by atoms with van der Waals surface area (Å²) in [5.74, 6) is 6.68. The minimum absolute atomic E-state index is 0.0383. The van der Waals surface area contributed by atoms with Gasteiger partial charge in [0.25, 0.3) is 0 Å². The Morgan fingerprint density at radius 3 is 2.67 bits per heavy atom. The molecule has 0 radical (unpaired) electrons. The second kappa shape index (κ2) is 5.13. The molecule has 1 aromatic rings. The number of hydrogen-bond donors (Lipinski definition) is 4. The summed E-state index contributed by atoms with van der Waals surface area (Å²) in [6.07, 6.45) is 2.61. The van der Waals surface area contributed by atoms with E-state index in [9.17, 15) is 0 Å². The highest BCUT2D eigenvalue weighted by Crippen LogP contribution is 2.33. The van der Waals surface area contributed by atoms with E-state index in [1.165, 1.54) is 5.01 Å². The van der Waals surface area contributed by atoms with Crippen molar-refractivity contribution in [2.24, 2.45) is 11.8 Å². The van der Waals surface area contributed by atoms with Crippen LogP contribution in [-0.2, 0) is 0 Å². The minimum atomic E-state index is 0.0383. The molecule has 0 amide bonds. The molecule has 0 aliphatic heterocycles. The average molecular weight is 273 g/mol. The smallest absolute Gasteiger partial charge is 0.223 e. The zero-order valence-corrected chi connectivity index (χ0v) is 10.6. The normalized spacial score (nSPS) is 23.3. The fourth-order valence-electron chi connectivity index (χ4n) is 2.28. The predicted octanol–water partition coefficient (Wildman–Crippen LogP) is 0.135. The zero-order valence-electron chi connectivity index (χ0n) is 9.88. The summed E-state index contributed by atoms with van der Waals surface area (Å²) in [6, 6.07) is 0.0785. The van der Waals surface area contributed by atoms with Gasteiger partial charge in [0, 0.05) is 12.6 Å². The Bertz CT molecular complexity index is 443. The van der Waals surface area contributed by atoms with Crippen molar-refractivity contribution >= 4 is 29.1 Å². The molecule has 1 aliphatic rings. The molecular weight excluding hydrogens is 256 g/mol. The molecule has 18 heavy (non-hydrogen) atoms. The Morgan fingerprint density at radius 1 is 1.33 bits per heavy atom. The van der Waals surface area contributed by atoms with E-state index in [1.807, 2.05) is 0 Å². The van der Waals surface area contributed by atoms with E-state index in [2.05, 4.69) is 9.97 Å². The van der Waals surface area contributed by atoms with Crippen molar-refractivity contribution in [3.05, 3.63) is 5.15 Å². The Kier molecular flexibility index (Phi) is 3.74. The topological polar surface area (TPSA) is 127 Å². The van der Waals surface area contributed by atoms with Crippen LogP contribution in [-0.4, -0.2) is 27.7 Å². The second-order valence-corrected chi connectivity index (χ2v) is 4.89. The van der Waals surface area contributed by atoms with Crippen LogP contribution in [0, 0.1) is 5.92 Å². The van der Waals surface area contributed by atoms with Gasteiger partial charge in [-0.15, -0.1) is 0 Å². The van der Waals surface area contributed by atoms with Gasteiger partial charge < -0.3 is 16.6 Å². The van der Waals surface area contributed by atoms with E-state index >= 15 is 0 Å². The lowest BCUT2D eigenvalue weighted by Gasteiger charge is -2.26. The SMILES string of the molecule is Nc1nc(Cl)c(N)c(N(N)C2CCC(CO)C2)n1. The molecule has 7 nitrogen and oxygen atoms in total. The molecule has 100 valence electrons. The van der Waals surface area contributed by atoms with Crippen molar-refractivity contribution in [2.75, 3.05) is 23.1 Å². The van der Waals surface area contributed by atoms with Crippen molar-refractivity contribution < 1.29 is 5.11 Å². The fraction of sp³-hybridized carbons (Fsp3) is 0.600. The molecule has 2 atom stereocenters. The number of halogens is 1. The first-order valence-electron chi connectivity index (χ1n) is 5.76. The van der Waals surface area contributed by atoms with Crippen LogP contribution in [0.4, 0.5) is 17.5 Å². The number of nitrogens with zero attached hydrogens (tertiary/aromatic N) is 3. The Hall–Kier alpha value is -1.31. The fourth-order valence-corrected chi connectivity index (χ4v) is 2.45. The lowest BCUT2D eigenvalue weighted by Crippen LogP contribution is -2.41. The highest BCUT2D eigenvalue weighted by molar-refractivity contribution is 6.32. The van der Waals surface area contributed by atoms with Crippen LogP contribution >= 0.6 is 11.6 Å². The quantitative estimate of drug-likeness (QED) is 0.350. The van der Waals surface area contributed by atoms with Gasteiger partial charge in [-0.2, -0.15) is 9.97 Å². The van der Waals surface area contributed by atoms with E-state index < -0.39 is 0 Å². The first-order valence-corrected chi connectivity index (χ1v) is 6.14. The second-order valence-electron chi connectivity index (χ2n) is 4.53. The molecule has 2 unspecified atom stereocenters. The Morgan fingerprint density at radius 2 is 2.06 bits per heavy atom. The van der Waals surface area contributed by atoms with Crippen LogP contribution < -0.4 is 22.3 Å². The molecule has 1 aliphatic carbocycles. The molecular formula is C10H17ClN6O. The summed E-state index contributed by atoms with van der Waals surface area (Å²) in [4.78, 5) is 7.78. The molecule has 1 fully saturated rings. The zero-order chi connectivity index (χ0) is 13.3. The van der Waals surface area contributed by atoms with E-state index in [0.29, 0.717) is 5.82 Å². The number of aliphatic hydroxyl groups excluding tert-OH is 1. The largest absolute Gasteiger partial charge is 0.396 e. The highest BCUT2D eigenvalue weighted by Gasteiger charge is 2.29. The van der Waals surface area contributed by atoms with Gasteiger partial charge in [-0.25, -0.2) is 5.84 Å². The third kappa shape index (κ3) is 2.43. The summed E-state index contributed by atoms with van der Waals surface area (Å²) in [5.41, 5.74) is 11.6. The summed E-state index contributed by atoms with van der Waals surface area (Å²) < 4.78 is 0. The Labute approximate surface area is 110 Å². The lowest BCUT2D eigenvalue weighted by molar-refractivity contribution is 0.228. The van der Waals surface area contributed by atoms with Crippen LogP contribution in [0.3, 0.4) is 0 Å². The molecule has 0 aromatic carbocycles. The van der Waals surface area contributed by atoms with Crippen molar-refractivity contribution in [2.45, 2.75) is 25.3 Å². The van der Waals surface area contributed by atoms with Crippen molar-refractivity contribution in [1.82, 2.24) is 9.97 Å². The number of rotatable bonds is 3. The lowest BCUT2D eigenvalue weighted by atomic mass is 10.1. The van der Waals surface area contributed by atoms with Crippen molar-refractivity contribution in [1.29, 1.82) is 0 Å². The van der Waals surface area contributed by atoms with Crippen molar-refractivity contribution in [3.63, 3.8) is 0 Å². The molecule has 7 N–H and O–H groups in total. The maximum absolute atomic E-state index is 9.13.